The number of alkyl carbamates (subject to hydrolysis) is 1. The minimum atomic E-state index is -0.849. The number of carbonyl (C=O) groups excluding carboxylic acids is 3. The van der Waals surface area contributed by atoms with Crippen LogP contribution in [0.3, 0.4) is 0 Å². The number of rotatable bonds is 9. The van der Waals surface area contributed by atoms with Gasteiger partial charge in [-0.3, -0.25) is 9.59 Å². The van der Waals surface area contributed by atoms with Crippen LogP contribution >= 0.6 is 0 Å². The van der Waals surface area contributed by atoms with Gasteiger partial charge in [-0.2, -0.15) is 0 Å². The third kappa shape index (κ3) is 8.12. The molecule has 0 spiro atoms. The third-order valence-corrected chi connectivity index (χ3v) is 5.58. The molecule has 2 unspecified atom stereocenters. The molecule has 2 rings (SSSR count). The maximum Gasteiger partial charge on any atom is 0.408 e. The molecule has 0 aliphatic heterocycles. The standard InChI is InChI=1S/C28H39N3O4/c1-8-31(26(33)23(19(2)3)30-27(34)35-28(5,6)7)24(22-17-13-12-14-20(22)4)25(32)29-18-21-15-10-9-11-16-21/h9-17,19,23-24H,8,18H2,1-7H3,(H,29,32)(H,30,34). The SMILES string of the molecule is CCN(C(=O)C(NC(=O)OC(C)(C)C)C(C)C)C(C(=O)NCc1ccccc1)c1ccccc1C. The summed E-state index contributed by atoms with van der Waals surface area (Å²) < 4.78 is 5.38. The van der Waals surface area contributed by atoms with Crippen molar-refractivity contribution >= 4 is 17.9 Å². The number of benzene rings is 2. The van der Waals surface area contributed by atoms with Crippen LogP contribution in [0.4, 0.5) is 4.79 Å². The lowest BCUT2D eigenvalue weighted by atomic mass is 9.96. The fraction of sp³-hybridized carbons (Fsp3) is 0.464. The summed E-state index contributed by atoms with van der Waals surface area (Å²) in [6.07, 6.45) is -0.665. The molecule has 0 aliphatic carbocycles. The Bertz CT molecular complexity index is 999. The third-order valence-electron chi connectivity index (χ3n) is 5.58. The molecule has 35 heavy (non-hydrogen) atoms. The Balaban J connectivity index is 2.37. The molecule has 0 saturated carbocycles. The highest BCUT2D eigenvalue weighted by Crippen LogP contribution is 2.26. The van der Waals surface area contributed by atoms with Crippen molar-refractivity contribution in [3.05, 3.63) is 71.3 Å². The van der Waals surface area contributed by atoms with E-state index in [4.69, 9.17) is 4.74 Å². The summed E-state index contributed by atoms with van der Waals surface area (Å²) in [7, 11) is 0. The molecule has 0 fully saturated rings. The number of aryl methyl sites for hydroxylation is 1. The minimum Gasteiger partial charge on any atom is -0.444 e. The summed E-state index contributed by atoms with van der Waals surface area (Å²) in [5.41, 5.74) is 1.92. The average Bonchev–Trinajstić information content (AvgIpc) is 2.79. The van der Waals surface area contributed by atoms with E-state index in [-0.39, 0.29) is 24.3 Å². The molecule has 2 aromatic rings. The average molecular weight is 482 g/mol. The topological polar surface area (TPSA) is 87.7 Å². The highest BCUT2D eigenvalue weighted by molar-refractivity contribution is 5.92. The Labute approximate surface area is 209 Å². The summed E-state index contributed by atoms with van der Waals surface area (Å²) >= 11 is 0. The van der Waals surface area contributed by atoms with Gasteiger partial charge in [0.25, 0.3) is 0 Å². The molecule has 0 aliphatic rings. The number of amides is 3. The number of ether oxygens (including phenoxy) is 1. The number of likely N-dealkylation sites (N-methyl/N-ethyl adjacent to an activating group) is 1. The maximum atomic E-state index is 13.8. The van der Waals surface area contributed by atoms with Crippen molar-refractivity contribution in [1.82, 2.24) is 15.5 Å². The van der Waals surface area contributed by atoms with E-state index in [2.05, 4.69) is 10.6 Å². The second kappa shape index (κ2) is 12.4. The van der Waals surface area contributed by atoms with Crippen molar-refractivity contribution in [2.45, 2.75) is 72.7 Å². The summed E-state index contributed by atoms with van der Waals surface area (Å²) in [6, 6.07) is 15.5. The van der Waals surface area contributed by atoms with E-state index in [9.17, 15) is 14.4 Å². The lowest BCUT2D eigenvalue weighted by Gasteiger charge is -2.35. The van der Waals surface area contributed by atoms with E-state index in [1.165, 1.54) is 4.90 Å². The van der Waals surface area contributed by atoms with Gasteiger partial charge in [0.05, 0.1) is 0 Å². The quantitative estimate of drug-likeness (QED) is 0.541. The van der Waals surface area contributed by atoms with Crippen LogP contribution in [-0.2, 0) is 20.9 Å². The smallest absolute Gasteiger partial charge is 0.408 e. The van der Waals surface area contributed by atoms with Crippen molar-refractivity contribution in [3.8, 4) is 0 Å². The van der Waals surface area contributed by atoms with Crippen LogP contribution in [0.1, 0.15) is 64.3 Å². The molecule has 7 heteroatoms. The van der Waals surface area contributed by atoms with Gasteiger partial charge in [-0.05, 0) is 57.2 Å². The zero-order chi connectivity index (χ0) is 26.2. The van der Waals surface area contributed by atoms with Crippen LogP contribution in [0, 0.1) is 12.8 Å². The van der Waals surface area contributed by atoms with Crippen LogP contribution in [0.5, 0.6) is 0 Å². The molecule has 0 saturated heterocycles. The first kappa shape index (κ1) is 27.9. The van der Waals surface area contributed by atoms with E-state index in [0.717, 1.165) is 16.7 Å². The van der Waals surface area contributed by atoms with Crippen LogP contribution in [0.2, 0.25) is 0 Å². The number of nitrogens with zero attached hydrogens (tertiary/aromatic N) is 1. The van der Waals surface area contributed by atoms with Crippen molar-refractivity contribution in [3.63, 3.8) is 0 Å². The number of carbonyl (C=O) groups is 3. The highest BCUT2D eigenvalue weighted by Gasteiger charge is 2.37. The van der Waals surface area contributed by atoms with Crippen molar-refractivity contribution in [2.24, 2.45) is 5.92 Å². The molecule has 0 heterocycles. The molecule has 0 bridgehead atoms. The predicted octanol–water partition coefficient (Wildman–Crippen LogP) is 4.75. The first-order valence-corrected chi connectivity index (χ1v) is 12.1. The first-order valence-electron chi connectivity index (χ1n) is 12.1. The monoisotopic (exact) mass is 481 g/mol. The van der Waals surface area contributed by atoms with E-state index < -0.39 is 23.8 Å². The van der Waals surface area contributed by atoms with Gasteiger partial charge in [0.2, 0.25) is 11.8 Å². The molecule has 0 radical (unpaired) electrons. The molecule has 2 N–H and O–H groups in total. The normalized spacial score (nSPS) is 13.0. The summed E-state index contributed by atoms with van der Waals surface area (Å²) in [5.74, 6) is -0.830. The Kier molecular flexibility index (Phi) is 9.87. The van der Waals surface area contributed by atoms with Gasteiger partial charge in [0.1, 0.15) is 17.7 Å². The Morgan fingerprint density at radius 2 is 1.57 bits per heavy atom. The van der Waals surface area contributed by atoms with Gasteiger partial charge >= 0.3 is 6.09 Å². The summed E-state index contributed by atoms with van der Waals surface area (Å²) in [5, 5.41) is 5.71. The molecular formula is C28H39N3O4. The minimum absolute atomic E-state index is 0.214. The highest BCUT2D eigenvalue weighted by atomic mass is 16.6. The zero-order valence-electron chi connectivity index (χ0n) is 21.9. The summed E-state index contributed by atoms with van der Waals surface area (Å²) in [6.45, 7) is 13.4. The molecule has 2 aromatic carbocycles. The number of nitrogens with one attached hydrogen (secondary N) is 2. The van der Waals surface area contributed by atoms with Gasteiger partial charge in [0, 0.05) is 13.1 Å². The molecule has 190 valence electrons. The number of hydrogen-bond donors (Lipinski definition) is 2. The maximum absolute atomic E-state index is 13.8. The Morgan fingerprint density at radius 3 is 2.11 bits per heavy atom. The first-order chi connectivity index (χ1) is 16.4. The molecule has 3 amide bonds. The fourth-order valence-electron chi connectivity index (χ4n) is 3.82. The van der Waals surface area contributed by atoms with E-state index in [1.807, 2.05) is 82.3 Å². The molecule has 7 nitrogen and oxygen atoms in total. The largest absolute Gasteiger partial charge is 0.444 e. The van der Waals surface area contributed by atoms with Gasteiger partial charge in [-0.1, -0.05) is 68.4 Å². The van der Waals surface area contributed by atoms with Crippen LogP contribution in [-0.4, -0.2) is 41.0 Å². The van der Waals surface area contributed by atoms with Crippen LogP contribution < -0.4 is 10.6 Å². The molecular weight excluding hydrogens is 442 g/mol. The van der Waals surface area contributed by atoms with E-state index in [1.54, 1.807) is 20.8 Å². The Hall–Kier alpha value is -3.35. The van der Waals surface area contributed by atoms with Crippen LogP contribution in [0.15, 0.2) is 54.6 Å². The predicted molar refractivity (Wildman–Crippen MR) is 138 cm³/mol. The van der Waals surface area contributed by atoms with E-state index in [0.29, 0.717) is 6.54 Å². The van der Waals surface area contributed by atoms with Gasteiger partial charge in [-0.25, -0.2) is 4.79 Å². The lowest BCUT2D eigenvalue weighted by Crippen LogP contribution is -2.54. The Morgan fingerprint density at radius 1 is 0.971 bits per heavy atom. The molecule has 2 atom stereocenters. The lowest BCUT2D eigenvalue weighted by molar-refractivity contribution is -0.143. The number of hydrogen-bond acceptors (Lipinski definition) is 4. The zero-order valence-corrected chi connectivity index (χ0v) is 21.9. The second-order valence-corrected chi connectivity index (χ2v) is 9.95. The fourth-order valence-corrected chi connectivity index (χ4v) is 3.82. The van der Waals surface area contributed by atoms with Gasteiger partial charge < -0.3 is 20.3 Å². The summed E-state index contributed by atoms with van der Waals surface area (Å²) in [4.78, 5) is 41.4. The van der Waals surface area contributed by atoms with Crippen molar-refractivity contribution < 1.29 is 19.1 Å². The van der Waals surface area contributed by atoms with Crippen LogP contribution in [0.25, 0.3) is 0 Å². The van der Waals surface area contributed by atoms with Crippen molar-refractivity contribution in [1.29, 1.82) is 0 Å². The van der Waals surface area contributed by atoms with Gasteiger partial charge in [0.15, 0.2) is 0 Å². The molecule has 0 aromatic heterocycles. The van der Waals surface area contributed by atoms with Crippen molar-refractivity contribution in [2.75, 3.05) is 6.54 Å². The second-order valence-electron chi connectivity index (χ2n) is 9.95. The van der Waals surface area contributed by atoms with E-state index >= 15 is 0 Å². The van der Waals surface area contributed by atoms with Gasteiger partial charge in [-0.15, -0.1) is 0 Å².